The number of nitrogens with zero attached hydrogens (tertiary/aromatic N) is 6. The van der Waals surface area contributed by atoms with Gasteiger partial charge >= 0.3 is 6.18 Å². The third kappa shape index (κ3) is 5.67. The molecule has 222 valence electrons. The van der Waals surface area contributed by atoms with Crippen LogP contribution in [0.4, 0.5) is 30.4 Å². The van der Waals surface area contributed by atoms with E-state index in [1.807, 2.05) is 17.6 Å². The van der Waals surface area contributed by atoms with Gasteiger partial charge in [-0.2, -0.15) is 18.4 Å². The number of aryl methyl sites for hydroxylation is 1. The molecule has 1 unspecified atom stereocenters. The molecule has 2 N–H and O–H groups in total. The Morgan fingerprint density at radius 1 is 1.09 bits per heavy atom. The number of nitriles is 1. The van der Waals surface area contributed by atoms with Gasteiger partial charge in [0.25, 0.3) is 5.91 Å². The molecule has 1 aliphatic rings. The van der Waals surface area contributed by atoms with E-state index < -0.39 is 23.2 Å². The summed E-state index contributed by atoms with van der Waals surface area (Å²) in [6, 6.07) is 13.0. The molecule has 6 rings (SSSR count). The molecule has 1 atom stereocenters. The van der Waals surface area contributed by atoms with Crippen LogP contribution < -0.4 is 10.6 Å². The van der Waals surface area contributed by atoms with Crippen LogP contribution in [-0.4, -0.2) is 37.0 Å². The number of alkyl halides is 3. The predicted octanol–water partition coefficient (Wildman–Crippen LogP) is 6.78. The second-order valence-electron chi connectivity index (χ2n) is 10.2. The fourth-order valence-corrected chi connectivity index (χ4v) is 5.09. The van der Waals surface area contributed by atoms with Crippen molar-refractivity contribution < 1.29 is 22.7 Å². The SMILES string of the molecule is Cc1ccc(NC(=O)c2ccc(C(F)(F)F)c(C#N)c2)cc1Nc1ncccc1-c1ncnc2c1ncn2C1CCCCO1. The zero-order valence-corrected chi connectivity index (χ0v) is 23.4. The van der Waals surface area contributed by atoms with Gasteiger partial charge in [0.05, 0.1) is 23.5 Å². The van der Waals surface area contributed by atoms with Crippen LogP contribution in [0, 0.1) is 18.3 Å². The van der Waals surface area contributed by atoms with Crippen molar-refractivity contribution in [1.82, 2.24) is 24.5 Å². The topological polar surface area (TPSA) is 131 Å². The highest BCUT2D eigenvalue weighted by atomic mass is 19.4. The molecule has 0 aliphatic carbocycles. The quantitative estimate of drug-likeness (QED) is 0.219. The first kappa shape index (κ1) is 28.8. The number of anilines is 3. The maximum absolute atomic E-state index is 13.2. The van der Waals surface area contributed by atoms with Gasteiger partial charge in [0.1, 0.15) is 29.6 Å². The Kier molecular flexibility index (Phi) is 7.67. The fourth-order valence-electron chi connectivity index (χ4n) is 5.09. The Morgan fingerprint density at radius 2 is 1.95 bits per heavy atom. The molecule has 1 saturated heterocycles. The van der Waals surface area contributed by atoms with Crippen LogP contribution in [0.25, 0.3) is 22.4 Å². The number of rotatable bonds is 6. The number of imidazole rings is 1. The number of ether oxygens (including phenoxy) is 1. The van der Waals surface area contributed by atoms with E-state index in [0.29, 0.717) is 46.2 Å². The van der Waals surface area contributed by atoms with E-state index in [4.69, 9.17) is 4.74 Å². The van der Waals surface area contributed by atoms with E-state index >= 15 is 0 Å². The number of fused-ring (bicyclic) bond motifs is 1. The van der Waals surface area contributed by atoms with Crippen LogP contribution in [0.1, 0.15) is 52.5 Å². The highest BCUT2D eigenvalue weighted by Crippen LogP contribution is 2.35. The van der Waals surface area contributed by atoms with Crippen molar-refractivity contribution in [2.45, 2.75) is 38.6 Å². The summed E-state index contributed by atoms with van der Waals surface area (Å²) >= 11 is 0. The Morgan fingerprint density at radius 3 is 2.73 bits per heavy atom. The molecule has 0 bridgehead atoms. The van der Waals surface area contributed by atoms with E-state index in [-0.39, 0.29) is 11.8 Å². The summed E-state index contributed by atoms with van der Waals surface area (Å²) in [5.74, 6) is -0.173. The van der Waals surface area contributed by atoms with Crippen molar-refractivity contribution in [3.8, 4) is 17.3 Å². The molecule has 4 heterocycles. The largest absolute Gasteiger partial charge is 0.417 e. The Balaban J connectivity index is 1.28. The van der Waals surface area contributed by atoms with Gasteiger partial charge in [0.15, 0.2) is 5.65 Å². The molecule has 3 aromatic heterocycles. The Hall–Kier alpha value is -5.35. The molecular formula is C31H25F3N8O2. The molecule has 2 aromatic carbocycles. The number of carbonyl (C=O) groups excluding carboxylic acids is 1. The monoisotopic (exact) mass is 598 g/mol. The van der Waals surface area contributed by atoms with Gasteiger partial charge < -0.3 is 15.4 Å². The minimum absolute atomic E-state index is 0.0810. The van der Waals surface area contributed by atoms with E-state index in [2.05, 4.69) is 30.6 Å². The molecule has 0 saturated carbocycles. The lowest BCUT2D eigenvalue weighted by atomic mass is 10.0. The van der Waals surface area contributed by atoms with Crippen LogP contribution in [0.2, 0.25) is 0 Å². The molecular weight excluding hydrogens is 573 g/mol. The van der Waals surface area contributed by atoms with Crippen molar-refractivity contribution in [2.24, 2.45) is 0 Å². The number of hydrogen-bond donors (Lipinski definition) is 2. The first-order valence-corrected chi connectivity index (χ1v) is 13.8. The van der Waals surface area contributed by atoms with Crippen LogP contribution in [0.15, 0.2) is 67.4 Å². The second-order valence-corrected chi connectivity index (χ2v) is 10.2. The lowest BCUT2D eigenvalue weighted by molar-refractivity contribution is -0.137. The molecule has 1 amide bonds. The summed E-state index contributed by atoms with van der Waals surface area (Å²) < 4.78 is 47.4. The number of amides is 1. The standard InChI is InChI=1S/C31H25F3N8O2/c1-18-7-9-21(40-30(43)19-8-10-23(31(32,33)34)20(13-19)15-35)14-24(18)41-28-22(5-4-11-36-28)26-27-29(38-16-37-26)42(17-39-27)25-6-2-3-12-44-25/h4-5,7-11,13-14,16-17,25H,2-3,6,12H2,1H3,(H,36,41)(H,40,43). The van der Waals surface area contributed by atoms with Crippen LogP contribution >= 0.6 is 0 Å². The second kappa shape index (κ2) is 11.7. The van der Waals surface area contributed by atoms with E-state index in [9.17, 15) is 23.2 Å². The minimum atomic E-state index is -4.71. The molecule has 1 fully saturated rings. The van der Waals surface area contributed by atoms with E-state index in [1.165, 1.54) is 12.4 Å². The first-order valence-electron chi connectivity index (χ1n) is 13.8. The average molecular weight is 599 g/mol. The average Bonchev–Trinajstić information content (AvgIpc) is 3.47. The third-order valence-electron chi connectivity index (χ3n) is 7.34. The Labute approximate surface area is 249 Å². The lowest BCUT2D eigenvalue weighted by Crippen LogP contribution is -2.17. The van der Waals surface area contributed by atoms with Crippen molar-refractivity contribution in [2.75, 3.05) is 17.2 Å². The molecule has 5 aromatic rings. The van der Waals surface area contributed by atoms with Crippen LogP contribution in [0.5, 0.6) is 0 Å². The van der Waals surface area contributed by atoms with Gasteiger partial charge in [-0.05, 0) is 74.2 Å². The number of pyridine rings is 1. The smallest absolute Gasteiger partial charge is 0.358 e. The number of nitrogens with one attached hydrogen (secondary N) is 2. The summed E-state index contributed by atoms with van der Waals surface area (Å²) in [5.41, 5.74) is 2.55. The molecule has 13 heteroatoms. The molecule has 1 aliphatic heterocycles. The number of benzene rings is 2. The number of aromatic nitrogens is 5. The summed E-state index contributed by atoms with van der Waals surface area (Å²) in [5, 5.41) is 15.2. The van der Waals surface area contributed by atoms with Gasteiger partial charge in [0, 0.05) is 35.3 Å². The van der Waals surface area contributed by atoms with Crippen molar-refractivity contribution in [3.05, 3.63) is 89.6 Å². The zero-order valence-electron chi connectivity index (χ0n) is 23.4. The first-order chi connectivity index (χ1) is 21.2. The van der Waals surface area contributed by atoms with Crippen molar-refractivity contribution in [1.29, 1.82) is 5.26 Å². The summed E-state index contributed by atoms with van der Waals surface area (Å²) in [6.45, 7) is 2.56. The van der Waals surface area contributed by atoms with Gasteiger partial charge in [-0.25, -0.2) is 19.9 Å². The highest BCUT2D eigenvalue weighted by molar-refractivity contribution is 6.05. The van der Waals surface area contributed by atoms with Crippen molar-refractivity contribution >= 4 is 34.3 Å². The third-order valence-corrected chi connectivity index (χ3v) is 7.34. The maximum Gasteiger partial charge on any atom is 0.417 e. The highest BCUT2D eigenvalue weighted by Gasteiger charge is 2.34. The zero-order chi connectivity index (χ0) is 30.8. The fraction of sp³-hybridized carbons (Fsp3) is 0.226. The van der Waals surface area contributed by atoms with Crippen LogP contribution in [-0.2, 0) is 10.9 Å². The molecule has 10 nitrogen and oxygen atoms in total. The van der Waals surface area contributed by atoms with E-state index in [0.717, 1.165) is 43.0 Å². The van der Waals surface area contributed by atoms with Gasteiger partial charge in [0.2, 0.25) is 0 Å². The summed E-state index contributed by atoms with van der Waals surface area (Å²) in [4.78, 5) is 31.1. The summed E-state index contributed by atoms with van der Waals surface area (Å²) in [6.07, 6.45) is 2.94. The van der Waals surface area contributed by atoms with Gasteiger partial charge in [-0.1, -0.05) is 6.07 Å². The number of hydrogen-bond acceptors (Lipinski definition) is 8. The number of halogens is 3. The maximum atomic E-state index is 13.2. The van der Waals surface area contributed by atoms with Gasteiger partial charge in [-0.15, -0.1) is 0 Å². The summed E-state index contributed by atoms with van der Waals surface area (Å²) in [7, 11) is 0. The van der Waals surface area contributed by atoms with Crippen molar-refractivity contribution in [3.63, 3.8) is 0 Å². The number of carbonyl (C=O) groups is 1. The van der Waals surface area contributed by atoms with Gasteiger partial charge in [-0.3, -0.25) is 9.36 Å². The minimum Gasteiger partial charge on any atom is -0.358 e. The normalized spacial score (nSPS) is 15.1. The molecule has 0 radical (unpaired) electrons. The van der Waals surface area contributed by atoms with E-state index in [1.54, 1.807) is 36.8 Å². The lowest BCUT2D eigenvalue weighted by Gasteiger charge is -2.23. The molecule has 0 spiro atoms. The Bertz CT molecular complexity index is 1910. The van der Waals surface area contributed by atoms with Crippen LogP contribution in [0.3, 0.4) is 0 Å². The molecule has 44 heavy (non-hydrogen) atoms. The predicted molar refractivity (Wildman–Crippen MR) is 156 cm³/mol.